The van der Waals surface area contributed by atoms with Gasteiger partial charge in [0.05, 0.1) is 0 Å². The molecule has 0 aliphatic carbocycles. The van der Waals surface area contributed by atoms with Crippen LogP contribution in [0.2, 0.25) is 0 Å². The molecule has 0 amide bonds. The summed E-state index contributed by atoms with van der Waals surface area (Å²) < 4.78 is 26.0. The van der Waals surface area contributed by atoms with E-state index in [1.54, 1.807) is 7.05 Å². The van der Waals surface area contributed by atoms with Gasteiger partial charge in [0, 0.05) is 33.1 Å². The third-order valence-electron chi connectivity index (χ3n) is 2.11. The highest BCUT2D eigenvalue weighted by Crippen LogP contribution is 2.13. The third-order valence-corrected chi connectivity index (χ3v) is 4.09. The van der Waals surface area contributed by atoms with Gasteiger partial charge < -0.3 is 0 Å². The van der Waals surface area contributed by atoms with Crippen LogP contribution in [0.3, 0.4) is 0 Å². The van der Waals surface area contributed by atoms with Crippen molar-refractivity contribution in [3.8, 4) is 12.3 Å². The maximum Gasteiger partial charge on any atom is 0.281 e. The quantitative estimate of drug-likeness (QED) is 0.586. The molecule has 0 N–H and O–H groups in total. The Bertz CT molecular complexity index is 305. The summed E-state index contributed by atoms with van der Waals surface area (Å²) in [5.41, 5.74) is 0. The molecule has 0 aromatic heterocycles. The molecule has 74 valence electrons. The zero-order valence-electron chi connectivity index (χ0n) is 7.73. The van der Waals surface area contributed by atoms with E-state index in [1.807, 2.05) is 0 Å². The second-order valence-corrected chi connectivity index (χ2v) is 5.07. The molecule has 0 unspecified atom stereocenters. The molecule has 1 saturated heterocycles. The summed E-state index contributed by atoms with van der Waals surface area (Å²) in [7, 11) is -1.61. The zero-order valence-corrected chi connectivity index (χ0v) is 8.55. The molecule has 0 aromatic carbocycles. The van der Waals surface area contributed by atoms with Crippen LogP contribution in [0.15, 0.2) is 0 Å². The maximum atomic E-state index is 11.6. The highest BCUT2D eigenvalue weighted by molar-refractivity contribution is 7.86. The van der Waals surface area contributed by atoms with Crippen LogP contribution in [0.4, 0.5) is 0 Å². The molecule has 1 heterocycles. The Balaban J connectivity index is 2.68. The minimum Gasteiger partial charge on any atom is -0.195 e. The summed E-state index contributed by atoms with van der Waals surface area (Å²) in [6, 6.07) is 0. The van der Waals surface area contributed by atoms with Crippen molar-refractivity contribution < 1.29 is 8.42 Å². The molecule has 1 rings (SSSR count). The fourth-order valence-electron chi connectivity index (χ4n) is 1.31. The third kappa shape index (κ3) is 2.21. The predicted octanol–water partition coefficient (Wildman–Crippen LogP) is -0.108. The Morgan fingerprint density at radius 3 is 2.77 bits per heavy atom. The molecular formula is C8H14N2O2S. The second-order valence-electron chi connectivity index (χ2n) is 3.04. The average Bonchev–Trinajstić information content (AvgIpc) is 2.08. The van der Waals surface area contributed by atoms with Crippen molar-refractivity contribution in [2.45, 2.75) is 12.8 Å². The van der Waals surface area contributed by atoms with Crippen LogP contribution in [0.1, 0.15) is 12.8 Å². The summed E-state index contributed by atoms with van der Waals surface area (Å²) in [5.74, 6) is 2.44. The zero-order chi connectivity index (χ0) is 9.90. The molecule has 0 radical (unpaired) electrons. The Morgan fingerprint density at radius 2 is 2.15 bits per heavy atom. The molecule has 0 bridgehead atoms. The van der Waals surface area contributed by atoms with Gasteiger partial charge in [0.25, 0.3) is 10.2 Å². The average molecular weight is 202 g/mol. The van der Waals surface area contributed by atoms with Gasteiger partial charge in [0.2, 0.25) is 0 Å². The second kappa shape index (κ2) is 4.09. The smallest absolute Gasteiger partial charge is 0.195 e. The molecule has 0 atom stereocenters. The van der Waals surface area contributed by atoms with E-state index in [4.69, 9.17) is 6.42 Å². The van der Waals surface area contributed by atoms with Crippen molar-refractivity contribution in [1.82, 2.24) is 8.61 Å². The largest absolute Gasteiger partial charge is 0.281 e. The number of hydrogen-bond donors (Lipinski definition) is 0. The molecule has 0 aromatic rings. The summed E-state index contributed by atoms with van der Waals surface area (Å²) in [5, 5.41) is 0. The first-order chi connectivity index (χ1) is 6.09. The monoisotopic (exact) mass is 202 g/mol. The standard InChI is InChI=1S/C8H14N2O2S/c1-3-4-7-10-8-5-6-9(2)13(10,11)12/h1H,4-8H2,2H3. The van der Waals surface area contributed by atoms with Gasteiger partial charge in [-0.2, -0.15) is 17.0 Å². The molecule has 4 nitrogen and oxygen atoms in total. The van der Waals surface area contributed by atoms with E-state index in [-0.39, 0.29) is 0 Å². The van der Waals surface area contributed by atoms with E-state index in [0.717, 1.165) is 6.42 Å². The maximum absolute atomic E-state index is 11.6. The number of terminal acetylenes is 1. The Kier molecular flexibility index (Phi) is 3.31. The van der Waals surface area contributed by atoms with Gasteiger partial charge >= 0.3 is 0 Å². The van der Waals surface area contributed by atoms with Crippen molar-refractivity contribution in [3.05, 3.63) is 0 Å². The molecule has 1 fully saturated rings. The van der Waals surface area contributed by atoms with Crippen LogP contribution in [0, 0.1) is 12.3 Å². The first-order valence-electron chi connectivity index (χ1n) is 4.24. The summed E-state index contributed by atoms with van der Waals surface area (Å²) in [4.78, 5) is 0. The lowest BCUT2D eigenvalue weighted by molar-refractivity contribution is 0.311. The van der Waals surface area contributed by atoms with Crippen molar-refractivity contribution >= 4 is 10.2 Å². The topological polar surface area (TPSA) is 40.6 Å². The van der Waals surface area contributed by atoms with Crippen LogP contribution in [-0.2, 0) is 10.2 Å². The molecule has 5 heteroatoms. The summed E-state index contributed by atoms with van der Waals surface area (Å²) >= 11 is 0. The van der Waals surface area contributed by atoms with Crippen molar-refractivity contribution in [2.24, 2.45) is 0 Å². The van der Waals surface area contributed by atoms with Crippen LogP contribution in [-0.4, -0.2) is 43.7 Å². The van der Waals surface area contributed by atoms with Crippen LogP contribution >= 0.6 is 0 Å². The fourth-order valence-corrected chi connectivity index (χ4v) is 2.75. The first kappa shape index (κ1) is 10.5. The van der Waals surface area contributed by atoms with Crippen LogP contribution in [0.5, 0.6) is 0 Å². The first-order valence-corrected chi connectivity index (χ1v) is 5.63. The van der Waals surface area contributed by atoms with Crippen molar-refractivity contribution in [3.63, 3.8) is 0 Å². The van der Waals surface area contributed by atoms with E-state index in [9.17, 15) is 8.42 Å². The molecule has 13 heavy (non-hydrogen) atoms. The SMILES string of the molecule is C#CCCN1CCCN(C)S1(=O)=O. The van der Waals surface area contributed by atoms with Gasteiger partial charge in [-0.15, -0.1) is 12.3 Å². The number of hydrogen-bond acceptors (Lipinski definition) is 2. The van der Waals surface area contributed by atoms with E-state index in [0.29, 0.717) is 26.1 Å². The molecule has 1 aliphatic heterocycles. The Hall–Kier alpha value is -0.570. The predicted molar refractivity (Wildman–Crippen MR) is 51.2 cm³/mol. The van der Waals surface area contributed by atoms with Gasteiger partial charge in [-0.05, 0) is 6.42 Å². The van der Waals surface area contributed by atoms with Gasteiger partial charge in [0.15, 0.2) is 0 Å². The molecular weight excluding hydrogens is 188 g/mol. The van der Waals surface area contributed by atoms with Crippen molar-refractivity contribution in [2.75, 3.05) is 26.7 Å². The van der Waals surface area contributed by atoms with Gasteiger partial charge in [-0.25, -0.2) is 0 Å². The van der Waals surface area contributed by atoms with E-state index >= 15 is 0 Å². The van der Waals surface area contributed by atoms with Crippen LogP contribution < -0.4 is 0 Å². The normalized spacial score (nSPS) is 24.0. The van der Waals surface area contributed by atoms with E-state index < -0.39 is 10.2 Å². The lowest BCUT2D eigenvalue weighted by Crippen LogP contribution is -2.47. The van der Waals surface area contributed by atoms with E-state index in [1.165, 1.54) is 8.61 Å². The van der Waals surface area contributed by atoms with Gasteiger partial charge in [0.1, 0.15) is 0 Å². The Morgan fingerprint density at radius 1 is 1.46 bits per heavy atom. The van der Waals surface area contributed by atoms with Gasteiger partial charge in [-0.3, -0.25) is 0 Å². The Labute approximate surface area is 79.7 Å². The summed E-state index contributed by atoms with van der Waals surface area (Å²) in [6.07, 6.45) is 6.44. The van der Waals surface area contributed by atoms with Gasteiger partial charge in [-0.1, -0.05) is 0 Å². The molecule has 1 aliphatic rings. The number of nitrogens with zero attached hydrogens (tertiary/aromatic N) is 2. The fraction of sp³-hybridized carbons (Fsp3) is 0.750. The minimum atomic E-state index is -3.20. The highest BCUT2D eigenvalue weighted by Gasteiger charge is 2.29. The van der Waals surface area contributed by atoms with E-state index in [2.05, 4.69) is 5.92 Å². The molecule has 0 saturated carbocycles. The van der Waals surface area contributed by atoms with Crippen LogP contribution in [0.25, 0.3) is 0 Å². The summed E-state index contributed by atoms with van der Waals surface area (Å²) in [6.45, 7) is 1.63. The lowest BCUT2D eigenvalue weighted by atomic mass is 10.4. The highest BCUT2D eigenvalue weighted by atomic mass is 32.2. The number of rotatable bonds is 2. The lowest BCUT2D eigenvalue weighted by Gasteiger charge is -2.31. The minimum absolute atomic E-state index is 0.434. The molecule has 0 spiro atoms. The van der Waals surface area contributed by atoms with Crippen molar-refractivity contribution in [1.29, 1.82) is 0 Å².